The molecule has 0 amide bonds. The van der Waals surface area contributed by atoms with Crippen LogP contribution >= 0.6 is 15.9 Å². The van der Waals surface area contributed by atoms with E-state index in [1.807, 2.05) is 6.92 Å². The molecule has 1 aromatic heterocycles. The fraction of sp³-hybridized carbons (Fsp3) is 0.154. The van der Waals surface area contributed by atoms with Gasteiger partial charge in [-0.25, -0.2) is 4.98 Å². The monoisotopic (exact) mass is 347 g/mol. The number of aromatic nitrogens is 1. The van der Waals surface area contributed by atoms with Crippen LogP contribution in [0, 0.1) is 6.92 Å². The van der Waals surface area contributed by atoms with Crippen LogP contribution in [0.15, 0.2) is 41.0 Å². The Hall–Kier alpha value is -1.76. The van der Waals surface area contributed by atoms with Crippen LogP contribution < -0.4 is 9.47 Å². The van der Waals surface area contributed by atoms with Gasteiger partial charge in [0.25, 0.3) is 0 Å². The van der Waals surface area contributed by atoms with Crippen LogP contribution in [0.25, 0.3) is 0 Å². The molecule has 0 aliphatic rings. The van der Waals surface area contributed by atoms with Gasteiger partial charge in [-0.1, -0.05) is 0 Å². The van der Waals surface area contributed by atoms with Gasteiger partial charge >= 0.3 is 6.36 Å². The van der Waals surface area contributed by atoms with Crippen LogP contribution in [0.3, 0.4) is 0 Å². The van der Waals surface area contributed by atoms with Gasteiger partial charge in [0, 0.05) is 6.20 Å². The van der Waals surface area contributed by atoms with Gasteiger partial charge in [0.05, 0.1) is 4.47 Å². The molecule has 0 N–H and O–H groups in total. The van der Waals surface area contributed by atoms with Gasteiger partial charge < -0.3 is 9.47 Å². The molecule has 3 nitrogen and oxygen atoms in total. The summed E-state index contributed by atoms with van der Waals surface area (Å²) in [6.07, 6.45) is -3.12. The third kappa shape index (κ3) is 3.86. The molecule has 106 valence electrons. The Bertz CT molecular complexity index is 600. The lowest BCUT2D eigenvalue weighted by Gasteiger charge is -2.10. The number of nitrogens with zero attached hydrogens (tertiary/aromatic N) is 1. The molecule has 0 saturated carbocycles. The van der Waals surface area contributed by atoms with Gasteiger partial charge in [-0.2, -0.15) is 0 Å². The highest BCUT2D eigenvalue weighted by atomic mass is 79.9. The summed E-state index contributed by atoms with van der Waals surface area (Å²) in [5.74, 6) is 0.397. The van der Waals surface area contributed by atoms with Crippen molar-refractivity contribution >= 4 is 15.9 Å². The van der Waals surface area contributed by atoms with Crippen LogP contribution in [-0.2, 0) is 0 Å². The van der Waals surface area contributed by atoms with Crippen molar-refractivity contribution in [2.75, 3.05) is 0 Å². The van der Waals surface area contributed by atoms with Gasteiger partial charge in [-0.05, 0) is 58.7 Å². The Morgan fingerprint density at radius 1 is 1.05 bits per heavy atom. The van der Waals surface area contributed by atoms with Crippen molar-refractivity contribution in [3.8, 4) is 17.4 Å². The number of hydrogen-bond acceptors (Lipinski definition) is 3. The summed E-state index contributed by atoms with van der Waals surface area (Å²) in [6, 6.07) is 6.89. The predicted octanol–water partition coefficient (Wildman–Crippen LogP) is 4.84. The number of rotatable bonds is 3. The number of alkyl halides is 3. The maximum Gasteiger partial charge on any atom is 0.573 e. The number of halogens is 4. The van der Waals surface area contributed by atoms with Crippen LogP contribution in [-0.4, -0.2) is 11.3 Å². The van der Waals surface area contributed by atoms with E-state index in [9.17, 15) is 13.2 Å². The molecule has 20 heavy (non-hydrogen) atoms. The first-order chi connectivity index (χ1) is 9.35. The summed E-state index contributed by atoms with van der Waals surface area (Å²) in [4.78, 5) is 4.04. The highest BCUT2D eigenvalue weighted by Crippen LogP contribution is 2.31. The Morgan fingerprint density at radius 2 is 1.65 bits per heavy atom. The summed E-state index contributed by atoms with van der Waals surface area (Å²) >= 11 is 3.33. The third-order valence-electron chi connectivity index (χ3n) is 2.32. The molecule has 0 fully saturated rings. The average Bonchev–Trinajstić information content (AvgIpc) is 2.35. The van der Waals surface area contributed by atoms with Gasteiger partial charge in [-0.3, -0.25) is 0 Å². The molecule has 0 saturated heterocycles. The molecule has 0 atom stereocenters. The quantitative estimate of drug-likeness (QED) is 0.795. The predicted molar refractivity (Wildman–Crippen MR) is 69.9 cm³/mol. The minimum absolute atomic E-state index is 0.305. The topological polar surface area (TPSA) is 31.4 Å². The zero-order valence-electron chi connectivity index (χ0n) is 10.2. The lowest BCUT2D eigenvalue weighted by molar-refractivity contribution is -0.274. The maximum atomic E-state index is 12.0. The zero-order valence-corrected chi connectivity index (χ0v) is 11.8. The van der Waals surface area contributed by atoms with Crippen molar-refractivity contribution in [2.45, 2.75) is 13.3 Å². The van der Waals surface area contributed by atoms with Crippen LogP contribution in [0.4, 0.5) is 13.2 Å². The SMILES string of the molecule is Cc1ccnc(Oc2ccc(OC(F)(F)F)cc2)c1Br. The van der Waals surface area contributed by atoms with Crippen molar-refractivity contribution in [2.24, 2.45) is 0 Å². The number of aryl methyl sites for hydroxylation is 1. The fourth-order valence-electron chi connectivity index (χ4n) is 1.41. The second-order valence-electron chi connectivity index (χ2n) is 3.87. The Balaban J connectivity index is 2.13. The number of benzene rings is 1. The molecule has 0 unspecified atom stereocenters. The molecule has 0 radical (unpaired) electrons. The van der Waals surface area contributed by atoms with E-state index in [1.165, 1.54) is 24.3 Å². The van der Waals surface area contributed by atoms with E-state index >= 15 is 0 Å². The van der Waals surface area contributed by atoms with Gasteiger partial charge in [0.2, 0.25) is 5.88 Å². The standard InChI is InChI=1S/C13H9BrF3NO2/c1-8-6-7-18-12(11(8)14)19-9-2-4-10(5-3-9)20-13(15,16)17/h2-7H,1H3. The molecule has 2 rings (SSSR count). The summed E-state index contributed by atoms with van der Waals surface area (Å²) in [6.45, 7) is 1.87. The first-order valence-corrected chi connectivity index (χ1v) is 6.29. The Labute approximate surface area is 121 Å². The second kappa shape index (κ2) is 5.70. The fourth-order valence-corrected chi connectivity index (χ4v) is 1.72. The molecule has 0 bridgehead atoms. The van der Waals surface area contributed by atoms with Crippen molar-refractivity contribution in [1.29, 1.82) is 0 Å². The maximum absolute atomic E-state index is 12.0. The molecule has 1 heterocycles. The number of hydrogen-bond donors (Lipinski definition) is 0. The molecule has 7 heteroatoms. The van der Waals surface area contributed by atoms with Crippen molar-refractivity contribution in [3.63, 3.8) is 0 Å². The van der Waals surface area contributed by atoms with Crippen LogP contribution in [0.2, 0.25) is 0 Å². The smallest absolute Gasteiger partial charge is 0.438 e. The van der Waals surface area contributed by atoms with Crippen molar-refractivity contribution < 1.29 is 22.6 Å². The summed E-state index contributed by atoms with van der Waals surface area (Å²) in [5.41, 5.74) is 0.937. The van der Waals surface area contributed by atoms with E-state index in [-0.39, 0.29) is 5.75 Å². The lowest BCUT2D eigenvalue weighted by Crippen LogP contribution is -2.16. The molecule has 0 spiro atoms. The first-order valence-electron chi connectivity index (χ1n) is 5.50. The molecular weight excluding hydrogens is 339 g/mol. The van der Waals surface area contributed by atoms with E-state index < -0.39 is 6.36 Å². The Kier molecular flexibility index (Phi) is 4.17. The van der Waals surface area contributed by atoms with Crippen LogP contribution in [0.1, 0.15) is 5.56 Å². The second-order valence-corrected chi connectivity index (χ2v) is 4.66. The summed E-state index contributed by atoms with van der Waals surface area (Å²) in [7, 11) is 0. The van der Waals surface area contributed by atoms with Gasteiger partial charge in [0.1, 0.15) is 11.5 Å². The molecule has 0 aliphatic carbocycles. The van der Waals surface area contributed by atoms with Crippen molar-refractivity contribution in [3.05, 3.63) is 46.6 Å². The summed E-state index contributed by atoms with van der Waals surface area (Å²) in [5, 5.41) is 0. The van der Waals surface area contributed by atoms with E-state index in [4.69, 9.17) is 4.74 Å². The third-order valence-corrected chi connectivity index (χ3v) is 3.29. The highest BCUT2D eigenvalue weighted by molar-refractivity contribution is 9.10. The van der Waals surface area contributed by atoms with E-state index in [1.54, 1.807) is 12.3 Å². The summed E-state index contributed by atoms with van der Waals surface area (Å²) < 4.78 is 46.0. The van der Waals surface area contributed by atoms with Gasteiger partial charge in [-0.15, -0.1) is 13.2 Å². The van der Waals surface area contributed by atoms with E-state index in [0.29, 0.717) is 16.1 Å². The van der Waals surface area contributed by atoms with Crippen molar-refractivity contribution in [1.82, 2.24) is 4.98 Å². The first kappa shape index (κ1) is 14.6. The van der Waals surface area contributed by atoms with Gasteiger partial charge in [0.15, 0.2) is 0 Å². The molecular formula is C13H9BrF3NO2. The largest absolute Gasteiger partial charge is 0.573 e. The van der Waals surface area contributed by atoms with E-state index in [2.05, 4.69) is 25.7 Å². The molecule has 2 aromatic rings. The molecule has 1 aromatic carbocycles. The normalized spacial score (nSPS) is 11.2. The minimum atomic E-state index is -4.70. The highest BCUT2D eigenvalue weighted by Gasteiger charge is 2.30. The zero-order chi connectivity index (χ0) is 14.8. The number of ether oxygens (including phenoxy) is 2. The lowest BCUT2D eigenvalue weighted by atomic mass is 10.3. The van der Waals surface area contributed by atoms with E-state index in [0.717, 1.165) is 5.56 Å². The number of pyridine rings is 1. The van der Waals surface area contributed by atoms with Crippen LogP contribution in [0.5, 0.6) is 17.4 Å². The minimum Gasteiger partial charge on any atom is -0.438 e. The average molecular weight is 348 g/mol. The molecule has 0 aliphatic heterocycles. The Morgan fingerprint density at radius 3 is 2.25 bits per heavy atom.